The summed E-state index contributed by atoms with van der Waals surface area (Å²) >= 11 is 0. The van der Waals surface area contributed by atoms with E-state index in [9.17, 15) is 9.59 Å². The lowest BCUT2D eigenvalue weighted by Gasteiger charge is -2.13. The number of methoxy groups -OCH3 is 1. The zero-order chi connectivity index (χ0) is 32.0. The van der Waals surface area contributed by atoms with Gasteiger partial charge in [-0.25, -0.2) is 4.98 Å². The Balaban J connectivity index is 1.26. The second kappa shape index (κ2) is 13.4. The molecule has 232 valence electrons. The molecule has 0 radical (unpaired) electrons. The zero-order valence-electron chi connectivity index (χ0n) is 25.9. The van der Waals surface area contributed by atoms with E-state index in [0.717, 1.165) is 63.3 Å². The summed E-state index contributed by atoms with van der Waals surface area (Å²) in [4.78, 5) is 31.3. The van der Waals surface area contributed by atoms with Crippen LogP contribution in [0.25, 0.3) is 22.2 Å². The normalized spacial score (nSPS) is 11.0. The number of rotatable bonds is 11. The highest BCUT2D eigenvalue weighted by Gasteiger charge is 2.18. The molecule has 0 aliphatic carbocycles. The molecule has 0 atom stereocenters. The van der Waals surface area contributed by atoms with Gasteiger partial charge in [0.1, 0.15) is 11.6 Å². The molecule has 3 N–H and O–H groups in total. The van der Waals surface area contributed by atoms with Crippen molar-refractivity contribution < 1.29 is 14.3 Å². The fourth-order valence-electron chi connectivity index (χ4n) is 5.52. The van der Waals surface area contributed by atoms with E-state index in [-0.39, 0.29) is 17.8 Å². The Morgan fingerprint density at radius 2 is 1.76 bits per heavy atom. The number of carbonyl (C=O) groups is 2. The Kier molecular flexibility index (Phi) is 8.82. The number of ether oxygens (including phenoxy) is 1. The van der Waals surface area contributed by atoms with Crippen LogP contribution >= 0.6 is 0 Å². The summed E-state index contributed by atoms with van der Waals surface area (Å²) in [5.74, 6) is 1.36. The van der Waals surface area contributed by atoms with Crippen molar-refractivity contribution in [3.63, 3.8) is 0 Å². The summed E-state index contributed by atoms with van der Waals surface area (Å²) < 4.78 is 7.51. The lowest BCUT2D eigenvalue weighted by molar-refractivity contribution is 0.0950. The fraction of sp³-hybridized carbons (Fsp3) is 0.200. The molecule has 0 spiro atoms. The number of carbonyl (C=O) groups excluding carboxylic acids is 2. The molecule has 6 rings (SSSR count). The molecule has 0 aliphatic rings. The minimum absolute atomic E-state index is 0.110. The van der Waals surface area contributed by atoms with E-state index in [4.69, 9.17) is 9.72 Å². The number of H-pyrrole nitrogens is 1. The number of aromatic nitrogens is 6. The number of imidazole rings is 1. The fourth-order valence-corrected chi connectivity index (χ4v) is 5.52. The van der Waals surface area contributed by atoms with Gasteiger partial charge in [0.05, 0.1) is 18.1 Å². The summed E-state index contributed by atoms with van der Waals surface area (Å²) in [5, 5.41) is 19.1. The standard InChI is InChI=1S/C35H34N8O3/c1-4-8-31-37-32-22(2)17-26(33(44)36-20-24-9-7-10-27(18-24)46-3)19-30(32)43(31)21-23-13-15-25(16-14-23)28-11-5-6-12-29(28)34(45)38-35-39-41-42-40-35/h5-7,9-19H,4,8,20-21H2,1-3H3,(H,36,44)(H2,38,39,40,41,42,45). The molecule has 0 saturated carbocycles. The molecule has 11 heteroatoms. The van der Waals surface area contributed by atoms with Crippen molar-refractivity contribution in [2.24, 2.45) is 0 Å². The highest BCUT2D eigenvalue weighted by molar-refractivity contribution is 6.08. The third-order valence-electron chi connectivity index (χ3n) is 7.79. The molecule has 2 heterocycles. The molecule has 2 aromatic heterocycles. The summed E-state index contributed by atoms with van der Waals surface area (Å²) in [7, 11) is 1.63. The third-order valence-corrected chi connectivity index (χ3v) is 7.79. The number of benzene rings is 4. The Labute approximate surface area is 266 Å². The van der Waals surface area contributed by atoms with Crippen LogP contribution in [0.4, 0.5) is 5.95 Å². The van der Waals surface area contributed by atoms with Crippen LogP contribution in [0.1, 0.15) is 56.6 Å². The van der Waals surface area contributed by atoms with Crippen molar-refractivity contribution in [2.45, 2.75) is 39.8 Å². The molecule has 0 fully saturated rings. The first kappa shape index (κ1) is 30.2. The maximum Gasteiger partial charge on any atom is 0.270 e. The minimum Gasteiger partial charge on any atom is -0.497 e. The van der Waals surface area contributed by atoms with Crippen LogP contribution in [0, 0.1) is 6.92 Å². The largest absolute Gasteiger partial charge is 0.497 e. The maximum atomic E-state index is 13.3. The van der Waals surface area contributed by atoms with Gasteiger partial charge in [0.25, 0.3) is 17.8 Å². The van der Waals surface area contributed by atoms with E-state index in [0.29, 0.717) is 24.2 Å². The van der Waals surface area contributed by atoms with Crippen molar-refractivity contribution in [3.05, 3.63) is 119 Å². The molecule has 0 saturated heterocycles. The average molecular weight is 615 g/mol. The van der Waals surface area contributed by atoms with E-state index in [1.807, 2.05) is 73.7 Å². The summed E-state index contributed by atoms with van der Waals surface area (Å²) in [5.41, 5.74) is 7.56. The zero-order valence-corrected chi connectivity index (χ0v) is 25.9. The molecule has 11 nitrogen and oxygen atoms in total. The number of fused-ring (bicyclic) bond motifs is 1. The van der Waals surface area contributed by atoms with Crippen LogP contribution < -0.4 is 15.4 Å². The lowest BCUT2D eigenvalue weighted by Crippen LogP contribution is -2.23. The molecule has 46 heavy (non-hydrogen) atoms. The van der Waals surface area contributed by atoms with Crippen LogP contribution in [0.5, 0.6) is 5.75 Å². The van der Waals surface area contributed by atoms with E-state index in [2.05, 4.69) is 54.9 Å². The molecule has 2 amide bonds. The predicted octanol–water partition coefficient (Wildman–Crippen LogP) is 5.72. The van der Waals surface area contributed by atoms with E-state index in [1.54, 1.807) is 13.2 Å². The molecule has 0 aliphatic heterocycles. The third kappa shape index (κ3) is 6.48. The smallest absolute Gasteiger partial charge is 0.270 e. The molecule has 0 unspecified atom stereocenters. The van der Waals surface area contributed by atoms with Gasteiger partial charge in [0, 0.05) is 30.6 Å². The number of amides is 2. The SMILES string of the molecule is CCCc1nc2c(C)cc(C(=O)NCc3cccc(OC)c3)cc2n1Cc1ccc(-c2ccccc2C(=O)Nc2nn[nH]n2)cc1. The second-order valence-corrected chi connectivity index (χ2v) is 11.0. The van der Waals surface area contributed by atoms with Crippen LogP contribution in [0.2, 0.25) is 0 Å². The van der Waals surface area contributed by atoms with Gasteiger partial charge in [0.2, 0.25) is 0 Å². The Bertz CT molecular complexity index is 2000. The maximum absolute atomic E-state index is 13.3. The van der Waals surface area contributed by atoms with Crippen molar-refractivity contribution >= 4 is 28.8 Å². The molecule has 4 aromatic carbocycles. The van der Waals surface area contributed by atoms with Gasteiger partial charge in [0.15, 0.2) is 0 Å². The Morgan fingerprint density at radius 1 is 0.935 bits per heavy atom. The van der Waals surface area contributed by atoms with Crippen LogP contribution in [-0.4, -0.2) is 49.1 Å². The van der Waals surface area contributed by atoms with Gasteiger partial charge in [-0.05, 0) is 76.7 Å². The number of aryl methyl sites for hydroxylation is 2. The first-order valence-electron chi connectivity index (χ1n) is 15.1. The first-order chi connectivity index (χ1) is 22.4. The van der Waals surface area contributed by atoms with Crippen LogP contribution in [0.3, 0.4) is 0 Å². The number of tetrazole rings is 1. The second-order valence-electron chi connectivity index (χ2n) is 11.0. The van der Waals surface area contributed by atoms with Crippen LogP contribution in [0.15, 0.2) is 84.9 Å². The summed E-state index contributed by atoms with van der Waals surface area (Å²) in [6.45, 7) is 5.10. The average Bonchev–Trinajstić information content (AvgIpc) is 3.72. The first-order valence-corrected chi connectivity index (χ1v) is 15.1. The van der Waals surface area contributed by atoms with Crippen molar-refractivity contribution in [1.29, 1.82) is 0 Å². The Morgan fingerprint density at radius 3 is 2.52 bits per heavy atom. The lowest BCUT2D eigenvalue weighted by atomic mass is 9.98. The number of anilines is 1. The predicted molar refractivity (Wildman–Crippen MR) is 176 cm³/mol. The van der Waals surface area contributed by atoms with Crippen molar-refractivity contribution in [3.8, 4) is 16.9 Å². The highest BCUT2D eigenvalue weighted by Crippen LogP contribution is 2.27. The van der Waals surface area contributed by atoms with Gasteiger partial charge >= 0.3 is 0 Å². The summed E-state index contributed by atoms with van der Waals surface area (Å²) in [6, 6.07) is 27.0. The number of nitrogens with zero attached hydrogens (tertiary/aromatic N) is 5. The van der Waals surface area contributed by atoms with Gasteiger partial charge in [-0.1, -0.05) is 66.6 Å². The van der Waals surface area contributed by atoms with Crippen molar-refractivity contribution in [2.75, 3.05) is 12.4 Å². The highest BCUT2D eigenvalue weighted by atomic mass is 16.5. The van der Waals surface area contributed by atoms with E-state index < -0.39 is 0 Å². The number of aromatic amines is 1. The van der Waals surface area contributed by atoms with E-state index in [1.165, 1.54) is 0 Å². The topological polar surface area (TPSA) is 140 Å². The number of hydrogen-bond acceptors (Lipinski definition) is 7. The summed E-state index contributed by atoms with van der Waals surface area (Å²) in [6.07, 6.45) is 1.75. The van der Waals surface area contributed by atoms with Gasteiger partial charge in [-0.2, -0.15) is 5.21 Å². The number of hydrogen-bond donors (Lipinski definition) is 3. The van der Waals surface area contributed by atoms with Crippen LogP contribution in [-0.2, 0) is 19.5 Å². The minimum atomic E-state index is -0.325. The molecule has 6 aromatic rings. The Hall–Kier alpha value is -5.84. The van der Waals surface area contributed by atoms with Gasteiger partial charge in [-0.15, -0.1) is 5.10 Å². The number of nitrogens with one attached hydrogen (secondary N) is 3. The monoisotopic (exact) mass is 614 g/mol. The van der Waals surface area contributed by atoms with Gasteiger partial charge < -0.3 is 14.6 Å². The molecular weight excluding hydrogens is 580 g/mol. The molecule has 0 bridgehead atoms. The van der Waals surface area contributed by atoms with Crippen molar-refractivity contribution in [1.82, 2.24) is 35.5 Å². The molecular formula is C35H34N8O3. The van der Waals surface area contributed by atoms with E-state index >= 15 is 0 Å². The quantitative estimate of drug-likeness (QED) is 0.170. The van der Waals surface area contributed by atoms with Gasteiger partial charge in [-0.3, -0.25) is 14.9 Å².